The maximum atomic E-state index is 13.4. The molecule has 2 aliphatic rings. The summed E-state index contributed by atoms with van der Waals surface area (Å²) in [6, 6.07) is 7.87. The van der Waals surface area contributed by atoms with Crippen LogP contribution in [-0.2, 0) is 17.8 Å². The summed E-state index contributed by atoms with van der Waals surface area (Å²) < 4.78 is 78.2. The van der Waals surface area contributed by atoms with E-state index in [1.54, 1.807) is 0 Å². The zero-order valence-corrected chi connectivity index (χ0v) is 19.4. The van der Waals surface area contributed by atoms with Crippen molar-refractivity contribution in [2.45, 2.75) is 51.0 Å². The van der Waals surface area contributed by atoms with E-state index in [1.807, 2.05) is 24.3 Å². The Bertz CT molecular complexity index is 973. The summed E-state index contributed by atoms with van der Waals surface area (Å²) in [5, 5.41) is 11.1. The summed E-state index contributed by atoms with van der Waals surface area (Å²) >= 11 is 3.40. The first-order valence-corrected chi connectivity index (χ1v) is 11.2. The standard InChI is InChI=1S/C19H21BrF3N3O.C2HF3O2/c20-14-4-2-13(3-5-14)10-17-24-16(25-27-17)11-26-9-6-15(19(21,22)23)18(12-26)7-1-8-18;3-2(4,5)1(6)7/h2-5,15H,1,6-12H2;(H,6,7). The van der Waals surface area contributed by atoms with Crippen molar-refractivity contribution in [1.82, 2.24) is 15.0 Å². The van der Waals surface area contributed by atoms with Gasteiger partial charge in [-0.25, -0.2) is 4.79 Å². The van der Waals surface area contributed by atoms with E-state index in [-0.39, 0.29) is 6.42 Å². The number of hydrogen-bond acceptors (Lipinski definition) is 5. The van der Waals surface area contributed by atoms with Crippen LogP contribution < -0.4 is 0 Å². The molecule has 13 heteroatoms. The van der Waals surface area contributed by atoms with Gasteiger partial charge in [0.25, 0.3) is 0 Å². The van der Waals surface area contributed by atoms with Crippen LogP contribution in [0.5, 0.6) is 0 Å². The second-order valence-corrected chi connectivity index (χ2v) is 9.44. The van der Waals surface area contributed by atoms with Crippen LogP contribution in [0, 0.1) is 11.3 Å². The number of rotatable bonds is 4. The summed E-state index contributed by atoms with van der Waals surface area (Å²) in [5.41, 5.74) is 0.452. The number of piperidine rings is 1. The van der Waals surface area contributed by atoms with Crippen molar-refractivity contribution in [3.05, 3.63) is 46.0 Å². The first kappa shape index (κ1) is 26.5. The van der Waals surface area contributed by atoms with Crippen LogP contribution in [-0.4, -0.2) is 51.6 Å². The summed E-state index contributed by atoms with van der Waals surface area (Å²) in [4.78, 5) is 15.4. The predicted molar refractivity (Wildman–Crippen MR) is 111 cm³/mol. The van der Waals surface area contributed by atoms with E-state index in [2.05, 4.69) is 31.0 Å². The number of likely N-dealkylation sites (tertiary alicyclic amines) is 1. The number of benzene rings is 1. The molecule has 2 fully saturated rings. The lowest BCUT2D eigenvalue weighted by atomic mass is 9.58. The number of carboxylic acid groups (broad SMARTS) is 1. The topological polar surface area (TPSA) is 79.5 Å². The van der Waals surface area contributed by atoms with Gasteiger partial charge in [0, 0.05) is 11.0 Å². The Morgan fingerprint density at radius 1 is 1.18 bits per heavy atom. The van der Waals surface area contributed by atoms with Crippen LogP contribution in [0.15, 0.2) is 33.3 Å². The highest BCUT2D eigenvalue weighted by molar-refractivity contribution is 9.10. The van der Waals surface area contributed by atoms with E-state index < -0.39 is 29.7 Å². The fourth-order valence-corrected chi connectivity index (χ4v) is 4.70. The molecule has 188 valence electrons. The van der Waals surface area contributed by atoms with Crippen LogP contribution in [0.1, 0.15) is 43.0 Å². The number of carboxylic acids is 1. The van der Waals surface area contributed by atoms with Gasteiger partial charge in [-0.05, 0) is 48.9 Å². The number of hydrogen-bond donors (Lipinski definition) is 1. The lowest BCUT2D eigenvalue weighted by Gasteiger charge is -2.54. The van der Waals surface area contributed by atoms with Crippen molar-refractivity contribution in [3.8, 4) is 0 Å². The van der Waals surface area contributed by atoms with Crippen molar-refractivity contribution in [1.29, 1.82) is 0 Å². The van der Waals surface area contributed by atoms with Gasteiger partial charge in [0.2, 0.25) is 5.89 Å². The minimum atomic E-state index is -5.08. The van der Waals surface area contributed by atoms with Gasteiger partial charge in [-0.1, -0.05) is 39.6 Å². The molecule has 1 saturated heterocycles. The van der Waals surface area contributed by atoms with Gasteiger partial charge < -0.3 is 9.63 Å². The summed E-state index contributed by atoms with van der Waals surface area (Å²) in [6.45, 7) is 1.33. The highest BCUT2D eigenvalue weighted by Crippen LogP contribution is 2.56. The van der Waals surface area contributed by atoms with E-state index in [1.165, 1.54) is 0 Å². The molecule has 1 aliphatic heterocycles. The Morgan fingerprint density at radius 2 is 1.79 bits per heavy atom. The van der Waals surface area contributed by atoms with Gasteiger partial charge >= 0.3 is 18.3 Å². The fraction of sp³-hybridized carbons (Fsp3) is 0.571. The summed E-state index contributed by atoms with van der Waals surface area (Å²) in [5.74, 6) is -2.86. The third kappa shape index (κ3) is 6.71. The van der Waals surface area contributed by atoms with Gasteiger partial charge in [-0.3, -0.25) is 4.90 Å². The molecule has 1 aromatic carbocycles. The maximum Gasteiger partial charge on any atom is 0.490 e. The SMILES string of the molecule is FC(F)(F)C1CCN(Cc2noc(Cc3ccc(Br)cc3)n2)CC12CCC2.O=C(O)C(F)(F)F. The monoisotopic (exact) mass is 557 g/mol. The molecule has 1 atom stereocenters. The zero-order chi connectivity index (χ0) is 25.1. The van der Waals surface area contributed by atoms with E-state index in [4.69, 9.17) is 14.4 Å². The van der Waals surface area contributed by atoms with E-state index >= 15 is 0 Å². The Labute approximate surface area is 199 Å². The minimum Gasteiger partial charge on any atom is -0.475 e. The molecule has 34 heavy (non-hydrogen) atoms. The molecule has 1 saturated carbocycles. The van der Waals surface area contributed by atoms with Crippen molar-refractivity contribution in [3.63, 3.8) is 0 Å². The average Bonchev–Trinajstić information content (AvgIpc) is 3.14. The van der Waals surface area contributed by atoms with Crippen molar-refractivity contribution < 1.29 is 40.8 Å². The molecule has 1 spiro atoms. The first-order chi connectivity index (χ1) is 15.8. The lowest BCUT2D eigenvalue weighted by molar-refractivity contribution is -0.238. The molecule has 1 aliphatic carbocycles. The highest BCUT2D eigenvalue weighted by atomic mass is 79.9. The molecule has 2 aromatic rings. The lowest BCUT2D eigenvalue weighted by Crippen LogP contribution is -2.56. The van der Waals surface area contributed by atoms with Crippen LogP contribution in [0.25, 0.3) is 0 Å². The van der Waals surface area contributed by atoms with Gasteiger partial charge in [-0.2, -0.15) is 31.3 Å². The van der Waals surface area contributed by atoms with Crippen LogP contribution in [0.3, 0.4) is 0 Å². The van der Waals surface area contributed by atoms with Crippen LogP contribution in [0.4, 0.5) is 26.3 Å². The van der Waals surface area contributed by atoms with Gasteiger partial charge in [0.05, 0.1) is 18.9 Å². The van der Waals surface area contributed by atoms with Crippen LogP contribution in [0.2, 0.25) is 0 Å². The molecular weight excluding hydrogens is 536 g/mol. The van der Waals surface area contributed by atoms with Gasteiger partial charge in [-0.15, -0.1) is 0 Å². The largest absolute Gasteiger partial charge is 0.490 e. The number of aliphatic carboxylic acids is 1. The third-order valence-corrected chi connectivity index (χ3v) is 6.67. The van der Waals surface area contributed by atoms with Gasteiger partial charge in [0.15, 0.2) is 5.82 Å². The molecule has 1 N–H and O–H groups in total. The van der Waals surface area contributed by atoms with E-state index in [9.17, 15) is 26.3 Å². The summed E-state index contributed by atoms with van der Waals surface area (Å²) in [6.07, 6.45) is -6.27. The normalized spacial score (nSPS) is 20.4. The molecule has 6 nitrogen and oxygen atoms in total. The van der Waals surface area contributed by atoms with Crippen LogP contribution >= 0.6 is 15.9 Å². The first-order valence-electron chi connectivity index (χ1n) is 10.4. The number of aromatic nitrogens is 2. The van der Waals surface area contributed by atoms with E-state index in [0.29, 0.717) is 50.6 Å². The number of nitrogens with zero attached hydrogens (tertiary/aromatic N) is 3. The molecule has 2 heterocycles. The molecule has 0 amide bonds. The average molecular weight is 558 g/mol. The van der Waals surface area contributed by atoms with Crippen molar-refractivity contribution in [2.75, 3.05) is 13.1 Å². The Morgan fingerprint density at radius 3 is 2.29 bits per heavy atom. The molecule has 1 unspecified atom stereocenters. The molecule has 0 bridgehead atoms. The quantitative estimate of drug-likeness (QED) is 0.492. The second kappa shape index (κ2) is 10.2. The smallest absolute Gasteiger partial charge is 0.475 e. The molecule has 1 aromatic heterocycles. The molecule has 4 rings (SSSR count). The zero-order valence-electron chi connectivity index (χ0n) is 17.8. The summed E-state index contributed by atoms with van der Waals surface area (Å²) in [7, 11) is 0. The predicted octanol–water partition coefficient (Wildman–Crippen LogP) is 5.61. The molecular formula is C21H22BrF6N3O3. The molecule has 0 radical (unpaired) electrons. The highest BCUT2D eigenvalue weighted by Gasteiger charge is 2.57. The Hall–Kier alpha value is -2.15. The third-order valence-electron chi connectivity index (χ3n) is 6.14. The Kier molecular flexibility index (Phi) is 7.96. The second-order valence-electron chi connectivity index (χ2n) is 8.52. The number of alkyl halides is 6. The van der Waals surface area contributed by atoms with Gasteiger partial charge in [0.1, 0.15) is 0 Å². The van der Waals surface area contributed by atoms with E-state index in [0.717, 1.165) is 16.5 Å². The Balaban J connectivity index is 0.000000406. The fourth-order valence-electron chi connectivity index (χ4n) is 4.44. The maximum absolute atomic E-state index is 13.4. The number of carbonyl (C=O) groups is 1. The number of halogens is 7. The van der Waals surface area contributed by atoms with Crippen molar-refractivity contribution >= 4 is 21.9 Å². The minimum absolute atomic E-state index is 0.160. The van der Waals surface area contributed by atoms with Crippen molar-refractivity contribution in [2.24, 2.45) is 11.3 Å².